The molecule has 4 amide bonds. The molecule has 0 radical (unpaired) electrons. The number of hydrogen-bond donors (Lipinski definition) is 1. The highest BCUT2D eigenvalue weighted by atomic mass is 35.5. The lowest BCUT2D eigenvalue weighted by Crippen LogP contribution is -2.54. The molecule has 0 unspecified atom stereocenters. The summed E-state index contributed by atoms with van der Waals surface area (Å²) in [5, 5.41) is 3.84. The van der Waals surface area contributed by atoms with Crippen LogP contribution in [0.2, 0.25) is 5.02 Å². The topological polar surface area (TPSA) is 89.9 Å². The van der Waals surface area contributed by atoms with Gasteiger partial charge in [-0.25, -0.2) is 9.69 Å². The highest BCUT2D eigenvalue weighted by Gasteiger charge is 2.38. The third-order valence-corrected chi connectivity index (χ3v) is 6.96. The SMILES string of the molecule is CCOc1ccc(OCC)c(N2C(=O)NC(=O)/C(=C\c3c(C)n(Cc4ccc(Cl)cc4)c4ccccc34)C2=O)c1. The van der Waals surface area contributed by atoms with Gasteiger partial charge in [-0.1, -0.05) is 41.9 Å². The van der Waals surface area contributed by atoms with Crippen molar-refractivity contribution in [1.82, 2.24) is 9.88 Å². The van der Waals surface area contributed by atoms with Gasteiger partial charge in [-0.2, -0.15) is 0 Å². The Labute approximate surface area is 236 Å². The number of benzene rings is 3. The van der Waals surface area contributed by atoms with Crippen LogP contribution >= 0.6 is 11.6 Å². The molecule has 9 heteroatoms. The highest BCUT2D eigenvalue weighted by Crippen LogP contribution is 2.36. The van der Waals surface area contributed by atoms with Crippen molar-refractivity contribution in [1.29, 1.82) is 0 Å². The standard InChI is InChI=1S/C31H28ClN3O5/c1-4-39-22-14-15-28(40-5-2)27(16-22)35-30(37)25(29(36)33-31(35)38)17-24-19(3)34(26-9-7-6-8-23(24)26)18-20-10-12-21(32)13-11-20/h6-17H,4-5,18H2,1-3H3,(H,33,36,38)/b25-17+. The number of amides is 4. The third kappa shape index (κ3) is 5.05. The molecular formula is C31H28ClN3O5. The van der Waals surface area contributed by atoms with Crippen molar-refractivity contribution in [3.63, 3.8) is 0 Å². The first-order valence-corrected chi connectivity index (χ1v) is 13.3. The number of halogens is 1. The molecule has 0 atom stereocenters. The highest BCUT2D eigenvalue weighted by molar-refractivity contribution is 6.39. The van der Waals surface area contributed by atoms with Gasteiger partial charge in [0, 0.05) is 39.8 Å². The lowest BCUT2D eigenvalue weighted by atomic mass is 10.0. The van der Waals surface area contributed by atoms with Gasteiger partial charge in [-0.3, -0.25) is 14.9 Å². The number of nitrogens with zero attached hydrogens (tertiary/aromatic N) is 2. The lowest BCUT2D eigenvalue weighted by molar-refractivity contribution is -0.122. The summed E-state index contributed by atoms with van der Waals surface area (Å²) in [6.45, 7) is 6.86. The summed E-state index contributed by atoms with van der Waals surface area (Å²) in [6.07, 6.45) is 1.56. The van der Waals surface area contributed by atoms with Crippen LogP contribution in [0.15, 0.2) is 72.3 Å². The second kappa shape index (κ2) is 11.3. The van der Waals surface area contributed by atoms with Crippen molar-refractivity contribution in [3.05, 3.63) is 94.1 Å². The average Bonchev–Trinajstić information content (AvgIpc) is 3.19. The molecule has 4 aromatic rings. The molecule has 2 heterocycles. The molecule has 1 fully saturated rings. The molecule has 1 saturated heterocycles. The molecule has 8 nitrogen and oxygen atoms in total. The predicted octanol–water partition coefficient (Wildman–Crippen LogP) is 6.12. The second-order valence-electron chi connectivity index (χ2n) is 9.18. The van der Waals surface area contributed by atoms with Crippen LogP contribution in [0.4, 0.5) is 10.5 Å². The van der Waals surface area contributed by atoms with Crippen molar-refractivity contribution in [2.24, 2.45) is 0 Å². The largest absolute Gasteiger partial charge is 0.494 e. The Bertz CT molecular complexity index is 1660. The minimum Gasteiger partial charge on any atom is -0.494 e. The van der Waals surface area contributed by atoms with Gasteiger partial charge in [0.15, 0.2) is 0 Å². The Balaban J connectivity index is 1.61. The maximum absolute atomic E-state index is 13.8. The molecule has 204 valence electrons. The summed E-state index contributed by atoms with van der Waals surface area (Å²) < 4.78 is 13.4. The van der Waals surface area contributed by atoms with Crippen LogP contribution in [0.1, 0.15) is 30.7 Å². The molecule has 1 aromatic heterocycles. The monoisotopic (exact) mass is 557 g/mol. The number of carbonyl (C=O) groups excluding carboxylic acids is 3. The van der Waals surface area contributed by atoms with E-state index in [0.717, 1.165) is 27.1 Å². The van der Waals surface area contributed by atoms with Crippen LogP contribution in [0.3, 0.4) is 0 Å². The molecule has 5 rings (SSSR count). The zero-order chi connectivity index (χ0) is 28.4. The van der Waals surface area contributed by atoms with E-state index in [1.54, 1.807) is 31.2 Å². The maximum atomic E-state index is 13.8. The summed E-state index contributed by atoms with van der Waals surface area (Å²) >= 11 is 6.07. The van der Waals surface area contributed by atoms with Crippen molar-refractivity contribution >= 4 is 52.1 Å². The molecule has 0 saturated carbocycles. The number of fused-ring (bicyclic) bond motifs is 1. The minimum atomic E-state index is -0.858. The van der Waals surface area contributed by atoms with Gasteiger partial charge in [0.05, 0.1) is 18.9 Å². The molecule has 0 aliphatic carbocycles. The first kappa shape index (κ1) is 27.0. The van der Waals surface area contributed by atoms with Crippen LogP contribution in [0, 0.1) is 6.92 Å². The van der Waals surface area contributed by atoms with Crippen LogP contribution in [-0.2, 0) is 16.1 Å². The van der Waals surface area contributed by atoms with E-state index in [1.165, 1.54) is 0 Å². The molecular weight excluding hydrogens is 530 g/mol. The Morgan fingerprint density at radius 1 is 0.925 bits per heavy atom. The number of aromatic nitrogens is 1. The molecule has 40 heavy (non-hydrogen) atoms. The fraction of sp³-hybridized carbons (Fsp3) is 0.194. The zero-order valence-electron chi connectivity index (χ0n) is 22.4. The number of para-hydroxylation sites is 1. The van der Waals surface area contributed by atoms with Crippen LogP contribution in [-0.4, -0.2) is 35.6 Å². The molecule has 1 N–H and O–H groups in total. The molecule has 1 aliphatic heterocycles. The second-order valence-corrected chi connectivity index (χ2v) is 9.62. The van der Waals surface area contributed by atoms with Gasteiger partial charge in [0.1, 0.15) is 17.1 Å². The Kier molecular flexibility index (Phi) is 7.62. The van der Waals surface area contributed by atoms with Crippen LogP contribution in [0.5, 0.6) is 11.5 Å². The summed E-state index contributed by atoms with van der Waals surface area (Å²) in [7, 11) is 0. The summed E-state index contributed by atoms with van der Waals surface area (Å²) in [4.78, 5) is 40.8. The number of nitrogens with one attached hydrogen (secondary N) is 1. The zero-order valence-corrected chi connectivity index (χ0v) is 23.1. The van der Waals surface area contributed by atoms with E-state index in [9.17, 15) is 14.4 Å². The van der Waals surface area contributed by atoms with E-state index in [4.69, 9.17) is 21.1 Å². The molecule has 0 spiro atoms. The van der Waals surface area contributed by atoms with Gasteiger partial charge >= 0.3 is 6.03 Å². The number of anilines is 1. The van der Waals surface area contributed by atoms with Crippen LogP contribution < -0.4 is 19.7 Å². The van der Waals surface area contributed by atoms with E-state index >= 15 is 0 Å². The predicted molar refractivity (Wildman–Crippen MR) is 155 cm³/mol. The van der Waals surface area contributed by atoms with Crippen molar-refractivity contribution in [2.45, 2.75) is 27.3 Å². The number of hydrogen-bond acceptors (Lipinski definition) is 5. The fourth-order valence-corrected chi connectivity index (χ4v) is 4.97. The average molecular weight is 558 g/mol. The summed E-state index contributed by atoms with van der Waals surface area (Å²) in [5.41, 5.74) is 3.60. The maximum Gasteiger partial charge on any atom is 0.336 e. The van der Waals surface area contributed by atoms with E-state index in [1.807, 2.05) is 62.4 Å². The van der Waals surface area contributed by atoms with Gasteiger partial charge in [-0.05, 0) is 62.7 Å². The normalized spacial score (nSPS) is 14.7. The van der Waals surface area contributed by atoms with Crippen molar-refractivity contribution in [2.75, 3.05) is 18.1 Å². The van der Waals surface area contributed by atoms with Crippen molar-refractivity contribution < 1.29 is 23.9 Å². The number of urea groups is 1. The molecule has 1 aliphatic rings. The Morgan fingerprint density at radius 2 is 1.65 bits per heavy atom. The van der Waals surface area contributed by atoms with E-state index < -0.39 is 17.8 Å². The summed E-state index contributed by atoms with van der Waals surface area (Å²) in [6, 6.07) is 19.4. The lowest BCUT2D eigenvalue weighted by Gasteiger charge is -2.28. The summed E-state index contributed by atoms with van der Waals surface area (Å²) in [5.74, 6) is -0.736. The Hall–Kier alpha value is -4.56. The first-order valence-electron chi connectivity index (χ1n) is 13.0. The van der Waals surface area contributed by atoms with E-state index in [2.05, 4.69) is 9.88 Å². The van der Waals surface area contributed by atoms with E-state index in [0.29, 0.717) is 41.8 Å². The molecule has 3 aromatic carbocycles. The third-order valence-electron chi connectivity index (χ3n) is 6.71. The Morgan fingerprint density at radius 3 is 2.38 bits per heavy atom. The number of rotatable bonds is 8. The van der Waals surface area contributed by atoms with Gasteiger partial charge in [-0.15, -0.1) is 0 Å². The number of carbonyl (C=O) groups is 3. The fourth-order valence-electron chi connectivity index (χ4n) is 4.84. The quantitative estimate of drug-likeness (QED) is 0.208. The van der Waals surface area contributed by atoms with Gasteiger partial charge < -0.3 is 14.0 Å². The molecule has 0 bridgehead atoms. The van der Waals surface area contributed by atoms with Crippen LogP contribution in [0.25, 0.3) is 17.0 Å². The smallest absolute Gasteiger partial charge is 0.336 e. The van der Waals surface area contributed by atoms with E-state index in [-0.39, 0.29) is 11.3 Å². The number of ether oxygens (including phenoxy) is 2. The minimum absolute atomic E-state index is 0.165. The number of barbiturate groups is 1. The first-order chi connectivity index (χ1) is 19.3. The number of imide groups is 2. The van der Waals surface area contributed by atoms with Gasteiger partial charge in [0.2, 0.25) is 0 Å². The van der Waals surface area contributed by atoms with Crippen molar-refractivity contribution in [3.8, 4) is 11.5 Å². The van der Waals surface area contributed by atoms with Gasteiger partial charge in [0.25, 0.3) is 11.8 Å².